The van der Waals surface area contributed by atoms with Gasteiger partial charge in [0.2, 0.25) is 6.20 Å². The molecule has 5 aromatic rings. The second-order valence-electron chi connectivity index (χ2n) is 7.45. The minimum absolute atomic E-state index is 0.462. The average Bonchev–Trinajstić information content (AvgIpc) is 3.28. The van der Waals surface area contributed by atoms with E-state index in [-0.39, 0.29) is 0 Å². The van der Waals surface area contributed by atoms with Crippen LogP contribution in [-0.2, 0) is 0 Å². The van der Waals surface area contributed by atoms with E-state index in [9.17, 15) is 10.1 Å². The third kappa shape index (κ3) is 3.91. The Labute approximate surface area is 185 Å². The Morgan fingerprint density at radius 2 is 1.41 bits per heavy atom. The van der Waals surface area contributed by atoms with E-state index in [0.29, 0.717) is 0 Å². The molecule has 3 aromatic carbocycles. The SMILES string of the molecule is O=[N+]([O-])C=Cc1ccc(-c2cc(-c3ccccc3)cn3cc(-c4ccccc4)nc23)cc1. The van der Waals surface area contributed by atoms with Gasteiger partial charge in [0.1, 0.15) is 5.65 Å². The van der Waals surface area contributed by atoms with Crippen LogP contribution in [0.4, 0.5) is 0 Å². The number of benzene rings is 3. The normalized spacial score (nSPS) is 11.2. The fraction of sp³-hybridized carbons (Fsp3) is 0. The summed E-state index contributed by atoms with van der Waals surface area (Å²) in [5, 5.41) is 10.6. The molecule has 0 saturated carbocycles. The molecule has 0 bridgehead atoms. The van der Waals surface area contributed by atoms with Gasteiger partial charge in [0.25, 0.3) is 0 Å². The summed E-state index contributed by atoms with van der Waals surface area (Å²) in [5.74, 6) is 0. The highest BCUT2D eigenvalue weighted by Gasteiger charge is 2.13. The van der Waals surface area contributed by atoms with Gasteiger partial charge in [-0.25, -0.2) is 4.98 Å². The van der Waals surface area contributed by atoms with Gasteiger partial charge in [-0.3, -0.25) is 10.1 Å². The van der Waals surface area contributed by atoms with Crippen molar-refractivity contribution in [2.75, 3.05) is 0 Å². The summed E-state index contributed by atoms with van der Waals surface area (Å²) in [6.45, 7) is 0. The lowest BCUT2D eigenvalue weighted by molar-refractivity contribution is -0.400. The summed E-state index contributed by atoms with van der Waals surface area (Å²) in [6.07, 6.45) is 6.59. The summed E-state index contributed by atoms with van der Waals surface area (Å²) >= 11 is 0. The first-order chi connectivity index (χ1) is 15.7. The Morgan fingerprint density at radius 1 is 0.750 bits per heavy atom. The lowest BCUT2D eigenvalue weighted by Crippen LogP contribution is -1.91. The maximum atomic E-state index is 10.6. The van der Waals surface area contributed by atoms with E-state index in [4.69, 9.17) is 4.98 Å². The van der Waals surface area contributed by atoms with Gasteiger partial charge in [0.15, 0.2) is 0 Å². The van der Waals surface area contributed by atoms with Crippen LogP contribution < -0.4 is 0 Å². The smallest absolute Gasteiger partial charge is 0.235 e. The van der Waals surface area contributed by atoms with E-state index in [2.05, 4.69) is 47.1 Å². The molecule has 0 amide bonds. The molecule has 0 radical (unpaired) electrons. The van der Waals surface area contributed by atoms with Crippen molar-refractivity contribution in [3.8, 4) is 33.5 Å². The van der Waals surface area contributed by atoms with Crippen molar-refractivity contribution in [2.45, 2.75) is 0 Å². The number of nitro groups is 1. The molecule has 5 rings (SSSR count). The molecular formula is C27H19N3O2. The summed E-state index contributed by atoms with van der Waals surface area (Å²) < 4.78 is 2.07. The first kappa shape index (κ1) is 19.5. The van der Waals surface area contributed by atoms with E-state index >= 15 is 0 Å². The third-order valence-electron chi connectivity index (χ3n) is 5.34. The third-order valence-corrected chi connectivity index (χ3v) is 5.34. The van der Waals surface area contributed by atoms with Crippen molar-refractivity contribution in [1.29, 1.82) is 0 Å². The molecule has 0 spiro atoms. The number of rotatable bonds is 5. The van der Waals surface area contributed by atoms with E-state index in [1.165, 1.54) is 6.08 Å². The van der Waals surface area contributed by atoms with Crippen LogP contribution >= 0.6 is 0 Å². The molecule has 0 aliphatic carbocycles. The number of hydrogen-bond acceptors (Lipinski definition) is 3. The number of imidazole rings is 1. The summed E-state index contributed by atoms with van der Waals surface area (Å²) in [6, 6.07) is 30.2. The topological polar surface area (TPSA) is 60.4 Å². The highest BCUT2D eigenvalue weighted by Crippen LogP contribution is 2.32. The maximum Gasteiger partial charge on any atom is 0.235 e. The van der Waals surface area contributed by atoms with Crippen LogP contribution in [0.25, 0.3) is 45.2 Å². The Bertz CT molecular complexity index is 1420. The van der Waals surface area contributed by atoms with E-state index in [1.54, 1.807) is 0 Å². The van der Waals surface area contributed by atoms with Crippen LogP contribution in [-0.4, -0.2) is 14.3 Å². The molecule has 2 heterocycles. The second-order valence-corrected chi connectivity index (χ2v) is 7.45. The van der Waals surface area contributed by atoms with Crippen LogP contribution in [0, 0.1) is 10.1 Å². The van der Waals surface area contributed by atoms with Gasteiger partial charge in [-0.1, -0.05) is 84.9 Å². The number of hydrogen-bond donors (Lipinski definition) is 0. The fourth-order valence-corrected chi connectivity index (χ4v) is 3.77. The molecule has 0 saturated heterocycles. The van der Waals surface area contributed by atoms with Crippen molar-refractivity contribution in [1.82, 2.24) is 9.38 Å². The van der Waals surface area contributed by atoms with E-state index in [0.717, 1.165) is 50.9 Å². The van der Waals surface area contributed by atoms with Crippen molar-refractivity contribution >= 4 is 11.7 Å². The highest BCUT2D eigenvalue weighted by atomic mass is 16.6. The van der Waals surface area contributed by atoms with Crippen LogP contribution in [0.1, 0.15) is 5.56 Å². The van der Waals surface area contributed by atoms with Crippen LogP contribution in [0.15, 0.2) is 110 Å². The zero-order chi connectivity index (χ0) is 21.9. The molecule has 0 fully saturated rings. The maximum absolute atomic E-state index is 10.6. The molecule has 0 unspecified atom stereocenters. The van der Waals surface area contributed by atoms with Gasteiger partial charge in [-0.05, 0) is 28.3 Å². The molecular weight excluding hydrogens is 398 g/mol. The van der Waals surface area contributed by atoms with Crippen molar-refractivity contribution < 1.29 is 4.92 Å². The molecule has 32 heavy (non-hydrogen) atoms. The molecule has 0 aliphatic rings. The lowest BCUT2D eigenvalue weighted by atomic mass is 10.0. The predicted octanol–water partition coefficient (Wildman–Crippen LogP) is 6.58. The molecule has 0 atom stereocenters. The Kier molecular flexibility index (Phi) is 5.06. The van der Waals surface area contributed by atoms with Gasteiger partial charge in [-0.2, -0.15) is 0 Å². The number of aromatic nitrogens is 2. The Balaban J connectivity index is 1.67. The Morgan fingerprint density at radius 3 is 2.06 bits per heavy atom. The zero-order valence-electron chi connectivity index (χ0n) is 17.1. The highest BCUT2D eigenvalue weighted by molar-refractivity contribution is 5.84. The molecule has 0 N–H and O–H groups in total. The van der Waals surface area contributed by atoms with Crippen molar-refractivity contribution in [3.63, 3.8) is 0 Å². The number of pyridine rings is 1. The monoisotopic (exact) mass is 417 g/mol. The zero-order valence-corrected chi connectivity index (χ0v) is 17.1. The number of nitrogens with zero attached hydrogens (tertiary/aromatic N) is 3. The van der Waals surface area contributed by atoms with Gasteiger partial charge >= 0.3 is 0 Å². The number of fused-ring (bicyclic) bond motifs is 1. The summed E-state index contributed by atoms with van der Waals surface area (Å²) in [4.78, 5) is 15.1. The first-order valence-electron chi connectivity index (χ1n) is 10.2. The van der Waals surface area contributed by atoms with Crippen molar-refractivity contribution in [2.24, 2.45) is 0 Å². The molecule has 5 nitrogen and oxygen atoms in total. The molecule has 5 heteroatoms. The van der Waals surface area contributed by atoms with Gasteiger partial charge < -0.3 is 4.40 Å². The van der Waals surface area contributed by atoms with E-state index < -0.39 is 4.92 Å². The van der Waals surface area contributed by atoms with Crippen LogP contribution in [0.5, 0.6) is 0 Å². The minimum Gasteiger partial charge on any atom is -0.305 e. The van der Waals surface area contributed by atoms with Gasteiger partial charge in [-0.15, -0.1) is 0 Å². The Hall–Kier alpha value is -4.51. The minimum atomic E-state index is -0.462. The van der Waals surface area contributed by atoms with Crippen LogP contribution in [0.3, 0.4) is 0 Å². The second kappa shape index (κ2) is 8.32. The molecule has 0 aliphatic heterocycles. The summed E-state index contributed by atoms with van der Waals surface area (Å²) in [7, 11) is 0. The largest absolute Gasteiger partial charge is 0.305 e. The average molecular weight is 417 g/mol. The standard InChI is InChI=1S/C27H19N3O2/c31-30(32)16-15-20-11-13-22(14-12-20)25-17-24(21-7-3-1-4-8-21)18-29-19-26(28-27(25)29)23-9-5-2-6-10-23/h1-19H. The fourth-order valence-electron chi connectivity index (χ4n) is 3.77. The lowest BCUT2D eigenvalue weighted by Gasteiger charge is -2.09. The van der Waals surface area contributed by atoms with E-state index in [1.807, 2.05) is 60.7 Å². The van der Waals surface area contributed by atoms with Crippen LogP contribution in [0.2, 0.25) is 0 Å². The molecule has 2 aromatic heterocycles. The quantitative estimate of drug-likeness (QED) is 0.240. The first-order valence-corrected chi connectivity index (χ1v) is 10.2. The van der Waals surface area contributed by atoms with Gasteiger partial charge in [0.05, 0.1) is 10.6 Å². The predicted molar refractivity (Wildman–Crippen MR) is 128 cm³/mol. The van der Waals surface area contributed by atoms with Gasteiger partial charge in [0, 0.05) is 29.6 Å². The molecule has 154 valence electrons. The van der Waals surface area contributed by atoms with Crippen molar-refractivity contribution in [3.05, 3.63) is 125 Å². The summed E-state index contributed by atoms with van der Waals surface area (Å²) in [5.41, 5.74) is 7.80.